The zero-order valence-corrected chi connectivity index (χ0v) is 54.3. The molecule has 0 aliphatic heterocycles. The number of ketones is 3. The van der Waals surface area contributed by atoms with E-state index in [0.29, 0.717) is 18.4 Å². The minimum Gasteiger partial charge on any atom is -0.463 e. The van der Waals surface area contributed by atoms with Gasteiger partial charge < -0.3 is 36.8 Å². The Hall–Kier alpha value is -11.1. The van der Waals surface area contributed by atoms with Crippen molar-refractivity contribution in [3.8, 4) is 34.5 Å². The molecule has 0 saturated heterocycles. The van der Waals surface area contributed by atoms with E-state index in [1.54, 1.807) is 82.3 Å². The standard InChI is InChI=1S/C28H23NO9S2.C22H23NO7.C18H19NO7/c1-19-8-12-23(13-9-19)39(33,34)37-27-18-22(26(30)16-21-6-4-3-5-7-21)17-25(29(31)32)28(27)38-40(35,36)24-14-10-20(2)11-15-24;1-3-8-20(25)29-19-14-16(18(24)12-15-10-6-5-7-11-15)13-17(23(27)28)22(19)30-21(26)9-4-2;1-23-11-25-17-10-14(16(20)8-13-6-4-3-5-7-13)9-15(19(21)22)18(17)26-12-24-2/h3-15,17-18H,16H2,1-2H3;5-7,10-11,13-14H,3-4,8-9,12H2,1-2H3;3-7,9-10H,8,11-12H2,1-2H3. The number of Topliss-reactive ketones (excluding diaryl/α,β-unsaturated/α-hetero) is 3. The van der Waals surface area contributed by atoms with E-state index in [-0.39, 0.29) is 101 Å². The molecule has 26 nitrogen and oxygen atoms in total. The molecule has 0 aliphatic rings. The Morgan fingerprint density at radius 1 is 0.406 bits per heavy atom. The number of carbonyl (C=O) groups excluding carboxylic acids is 5. The molecule has 0 spiro atoms. The van der Waals surface area contributed by atoms with Crippen LogP contribution in [-0.2, 0) is 58.6 Å². The van der Waals surface area contributed by atoms with Gasteiger partial charge in [-0.1, -0.05) is 140 Å². The number of benzene rings is 8. The molecule has 0 aliphatic carbocycles. The SMILES string of the molecule is CCCC(=O)Oc1cc(C(=O)Cc2ccccc2)cc([N+](=O)[O-])c1OC(=O)CCC.COCOc1cc(C(=O)Cc2ccccc2)cc([N+](=O)[O-])c1OCOC.Cc1ccc(S(=O)(=O)Oc2cc(C(=O)Cc3ccccc3)cc([N+](=O)[O-])c2OS(=O)(=O)c2ccc(C)cc2)cc1. The highest BCUT2D eigenvalue weighted by Gasteiger charge is 2.34. The van der Waals surface area contributed by atoms with Gasteiger partial charge in [-0.25, -0.2) is 0 Å². The minimum atomic E-state index is -4.68. The Labute approximate surface area is 551 Å². The van der Waals surface area contributed by atoms with Crippen LogP contribution in [0.2, 0.25) is 0 Å². The van der Waals surface area contributed by atoms with Crippen molar-refractivity contribution in [1.82, 2.24) is 0 Å². The number of hydrogen-bond donors (Lipinski definition) is 0. The number of ether oxygens (including phenoxy) is 6. The van der Waals surface area contributed by atoms with Crippen molar-refractivity contribution in [3.63, 3.8) is 0 Å². The summed E-state index contributed by atoms with van der Waals surface area (Å²) in [4.78, 5) is 94.4. The van der Waals surface area contributed by atoms with E-state index in [4.69, 9.17) is 36.8 Å². The van der Waals surface area contributed by atoms with E-state index in [1.807, 2.05) is 36.4 Å². The fourth-order valence-electron chi connectivity index (χ4n) is 8.60. The van der Waals surface area contributed by atoms with Crippen LogP contribution in [0.3, 0.4) is 0 Å². The van der Waals surface area contributed by atoms with E-state index in [1.165, 1.54) is 80.9 Å². The van der Waals surface area contributed by atoms with Crippen LogP contribution in [0.15, 0.2) is 186 Å². The summed E-state index contributed by atoms with van der Waals surface area (Å²) < 4.78 is 93.3. The summed E-state index contributed by atoms with van der Waals surface area (Å²) in [5.41, 5.74) is 1.55. The molecule has 0 fully saturated rings. The van der Waals surface area contributed by atoms with Gasteiger partial charge in [-0.3, -0.25) is 54.3 Å². The lowest BCUT2D eigenvalue weighted by Crippen LogP contribution is -2.16. The Kier molecular flexibility index (Phi) is 27.2. The van der Waals surface area contributed by atoms with Crippen LogP contribution >= 0.6 is 0 Å². The summed E-state index contributed by atoms with van der Waals surface area (Å²) in [5, 5.41) is 35.1. The highest BCUT2D eigenvalue weighted by Crippen LogP contribution is 2.43. The summed E-state index contributed by atoms with van der Waals surface area (Å²) >= 11 is 0. The fraction of sp³-hybridized carbons (Fsp3) is 0.221. The molecule has 0 radical (unpaired) electrons. The second-order valence-corrected chi connectivity index (χ2v) is 23.8. The van der Waals surface area contributed by atoms with Gasteiger partial charge in [-0.2, -0.15) is 16.8 Å². The highest BCUT2D eigenvalue weighted by atomic mass is 32.2. The maximum absolute atomic E-state index is 13.1. The second kappa shape index (κ2) is 35.3. The second-order valence-electron chi connectivity index (χ2n) is 20.7. The quantitative estimate of drug-likeness (QED) is 0.00767. The van der Waals surface area contributed by atoms with Crippen molar-refractivity contribution < 1.29 is 92.4 Å². The molecule has 8 rings (SSSR count). The molecule has 502 valence electrons. The molecule has 96 heavy (non-hydrogen) atoms. The minimum absolute atomic E-state index is 0.00924. The van der Waals surface area contributed by atoms with Gasteiger partial charge in [0.15, 0.2) is 48.2 Å². The van der Waals surface area contributed by atoms with E-state index in [0.717, 1.165) is 40.5 Å². The summed E-state index contributed by atoms with van der Waals surface area (Å²) in [6.07, 6.45) is 1.04. The molecule has 28 heteroatoms. The van der Waals surface area contributed by atoms with Crippen LogP contribution in [0.4, 0.5) is 17.1 Å². The van der Waals surface area contributed by atoms with Gasteiger partial charge in [0.25, 0.3) is 11.5 Å². The number of rotatable bonds is 30. The molecule has 0 unspecified atom stereocenters. The monoisotopic (exact) mass is 1360 g/mol. The number of aryl methyl sites for hydroxylation is 2. The molecule has 0 amide bonds. The van der Waals surface area contributed by atoms with Gasteiger partial charge in [0, 0.05) is 81.2 Å². The normalized spacial score (nSPS) is 10.9. The van der Waals surface area contributed by atoms with Gasteiger partial charge in [0.1, 0.15) is 9.79 Å². The number of hydrogen-bond acceptors (Lipinski definition) is 23. The summed E-state index contributed by atoms with van der Waals surface area (Å²) in [6.45, 7) is 6.63. The van der Waals surface area contributed by atoms with Crippen molar-refractivity contribution in [1.29, 1.82) is 0 Å². The van der Waals surface area contributed by atoms with Crippen molar-refractivity contribution in [2.75, 3.05) is 27.8 Å². The zero-order chi connectivity index (χ0) is 70.1. The van der Waals surface area contributed by atoms with Crippen LogP contribution in [0.25, 0.3) is 0 Å². The number of nitro groups is 3. The third-order valence-corrected chi connectivity index (χ3v) is 15.8. The molecule has 0 heterocycles. The van der Waals surface area contributed by atoms with Crippen LogP contribution in [0.5, 0.6) is 34.5 Å². The zero-order valence-electron chi connectivity index (χ0n) is 52.7. The maximum Gasteiger partial charge on any atom is 0.339 e. The maximum atomic E-state index is 13.1. The Morgan fingerprint density at radius 2 is 0.750 bits per heavy atom. The third-order valence-electron chi connectivity index (χ3n) is 13.3. The molecule has 8 aromatic carbocycles. The predicted octanol–water partition coefficient (Wildman–Crippen LogP) is 12.6. The van der Waals surface area contributed by atoms with E-state index >= 15 is 0 Å². The average molecular weight is 1360 g/mol. The van der Waals surface area contributed by atoms with Crippen molar-refractivity contribution in [3.05, 3.63) is 251 Å². The third kappa shape index (κ3) is 21.5. The fourth-order valence-corrected chi connectivity index (χ4v) is 10.5. The molecule has 0 N–H and O–H groups in total. The number of carbonyl (C=O) groups is 5. The van der Waals surface area contributed by atoms with Crippen LogP contribution < -0.4 is 27.3 Å². The lowest BCUT2D eigenvalue weighted by molar-refractivity contribution is -0.386. The number of nitrogens with zero attached hydrogens (tertiary/aromatic N) is 3. The number of methoxy groups -OCH3 is 2. The van der Waals surface area contributed by atoms with Gasteiger partial charge in [-0.05, 0) is 85.8 Å². The smallest absolute Gasteiger partial charge is 0.339 e. The predicted molar refractivity (Wildman–Crippen MR) is 347 cm³/mol. The summed E-state index contributed by atoms with van der Waals surface area (Å²) in [5.74, 6) is -5.31. The summed E-state index contributed by atoms with van der Waals surface area (Å²) in [7, 11) is -6.51. The van der Waals surface area contributed by atoms with E-state index in [2.05, 4.69) is 0 Å². The van der Waals surface area contributed by atoms with Gasteiger partial charge in [-0.15, -0.1) is 0 Å². The van der Waals surface area contributed by atoms with Gasteiger partial charge in [0.05, 0.1) is 14.8 Å². The van der Waals surface area contributed by atoms with E-state index < -0.39 is 87.1 Å². The Bertz CT molecular complexity index is 4330. The molecule has 0 bridgehead atoms. The Balaban J connectivity index is 0.000000234. The topological polar surface area (TPSA) is 357 Å². The first-order chi connectivity index (χ1) is 45.8. The summed E-state index contributed by atoms with van der Waals surface area (Å²) in [6, 6.07) is 44.1. The molecule has 8 aromatic rings. The van der Waals surface area contributed by atoms with Crippen LogP contribution in [0, 0.1) is 44.2 Å². The highest BCUT2D eigenvalue weighted by molar-refractivity contribution is 7.87. The Morgan fingerprint density at radius 3 is 1.14 bits per heavy atom. The van der Waals surface area contributed by atoms with Crippen molar-refractivity contribution in [2.45, 2.75) is 82.4 Å². The number of esters is 2. The molecule has 0 atom stereocenters. The van der Waals surface area contributed by atoms with Crippen molar-refractivity contribution in [2.24, 2.45) is 0 Å². The van der Waals surface area contributed by atoms with Gasteiger partial charge >= 0.3 is 49.2 Å². The molecular formula is C68H65N3O23S2. The number of nitro benzene ring substituents is 3. The largest absolute Gasteiger partial charge is 0.463 e. The first-order valence-electron chi connectivity index (χ1n) is 29.1. The van der Waals surface area contributed by atoms with Crippen LogP contribution in [0.1, 0.15) is 98.4 Å². The molecule has 0 saturated carbocycles. The molecule has 0 aromatic heterocycles. The average Bonchev–Trinajstić information content (AvgIpc) is 0.784. The van der Waals surface area contributed by atoms with E-state index in [9.17, 15) is 71.2 Å². The van der Waals surface area contributed by atoms with Crippen LogP contribution in [-0.4, -0.2) is 88.7 Å². The van der Waals surface area contributed by atoms with Crippen molar-refractivity contribution >= 4 is 66.6 Å². The first kappa shape index (κ1) is 74.0. The van der Waals surface area contributed by atoms with Gasteiger partial charge in [0.2, 0.25) is 5.75 Å². The lowest BCUT2D eigenvalue weighted by Gasteiger charge is -2.14. The first-order valence-corrected chi connectivity index (χ1v) is 31.9. The lowest BCUT2D eigenvalue weighted by atomic mass is 10.0. The molecular weight excluding hydrogens is 1290 g/mol.